The number of amides is 1. The summed E-state index contributed by atoms with van der Waals surface area (Å²) in [6.07, 6.45) is 4.63. The van der Waals surface area contributed by atoms with Crippen LogP contribution in [0.2, 0.25) is 0 Å². The van der Waals surface area contributed by atoms with Gasteiger partial charge in [-0.15, -0.1) is 0 Å². The number of nitrogens with zero attached hydrogens (tertiary/aromatic N) is 1. The molecule has 1 heterocycles. The predicted octanol–water partition coefficient (Wildman–Crippen LogP) is 2.07. The second-order valence-electron chi connectivity index (χ2n) is 4.08. The zero-order valence-corrected chi connectivity index (χ0v) is 8.79. The van der Waals surface area contributed by atoms with Crippen molar-refractivity contribution in [2.45, 2.75) is 27.2 Å². The molecule has 0 aromatic rings. The predicted molar refractivity (Wildman–Crippen MR) is 54.3 cm³/mol. The third-order valence-corrected chi connectivity index (χ3v) is 2.79. The van der Waals surface area contributed by atoms with E-state index in [4.69, 9.17) is 0 Å². The first-order chi connectivity index (χ1) is 6.15. The smallest absolute Gasteiger partial charge is 0.246 e. The van der Waals surface area contributed by atoms with Gasteiger partial charge >= 0.3 is 0 Å². The largest absolute Gasteiger partial charge is 0.339 e. The first kappa shape index (κ1) is 10.3. The van der Waals surface area contributed by atoms with Crippen molar-refractivity contribution in [3.05, 3.63) is 12.2 Å². The van der Waals surface area contributed by atoms with Gasteiger partial charge in [-0.1, -0.05) is 19.9 Å². The molecule has 1 fully saturated rings. The van der Waals surface area contributed by atoms with Crippen LogP contribution in [-0.2, 0) is 4.79 Å². The first-order valence-corrected chi connectivity index (χ1v) is 5.06. The van der Waals surface area contributed by atoms with Crippen LogP contribution in [0, 0.1) is 11.8 Å². The average Bonchev–Trinajstić information content (AvgIpc) is 2.52. The van der Waals surface area contributed by atoms with Crippen molar-refractivity contribution >= 4 is 5.91 Å². The molecule has 0 radical (unpaired) electrons. The van der Waals surface area contributed by atoms with Crippen molar-refractivity contribution in [2.24, 2.45) is 11.8 Å². The van der Waals surface area contributed by atoms with Crippen LogP contribution >= 0.6 is 0 Å². The topological polar surface area (TPSA) is 20.3 Å². The fourth-order valence-electron chi connectivity index (χ4n) is 1.78. The first-order valence-electron chi connectivity index (χ1n) is 5.06. The standard InChI is InChI=1S/C11H19NO/c1-4-5-11(13)12-7-6-10(8-12)9(2)3/h4-5,9-10H,6-8H2,1-3H3/b5-4+. The van der Waals surface area contributed by atoms with Crippen LogP contribution in [0.15, 0.2) is 12.2 Å². The van der Waals surface area contributed by atoms with E-state index in [1.165, 1.54) is 6.42 Å². The van der Waals surface area contributed by atoms with E-state index in [1.807, 2.05) is 17.9 Å². The summed E-state index contributed by atoms with van der Waals surface area (Å²) in [6.45, 7) is 8.23. The highest BCUT2D eigenvalue weighted by Crippen LogP contribution is 2.23. The Morgan fingerprint density at radius 1 is 1.54 bits per heavy atom. The van der Waals surface area contributed by atoms with Gasteiger partial charge in [0.2, 0.25) is 5.91 Å². The van der Waals surface area contributed by atoms with Crippen molar-refractivity contribution in [3.63, 3.8) is 0 Å². The molecule has 0 spiro atoms. The van der Waals surface area contributed by atoms with E-state index in [1.54, 1.807) is 6.08 Å². The molecular formula is C11H19NO. The Labute approximate surface area is 80.6 Å². The van der Waals surface area contributed by atoms with E-state index in [9.17, 15) is 4.79 Å². The second kappa shape index (κ2) is 4.45. The number of allylic oxidation sites excluding steroid dienone is 1. The van der Waals surface area contributed by atoms with Crippen LogP contribution in [0.1, 0.15) is 27.2 Å². The Kier molecular flexibility index (Phi) is 3.52. The molecular weight excluding hydrogens is 162 g/mol. The molecule has 0 bridgehead atoms. The molecule has 0 aliphatic carbocycles. The summed E-state index contributed by atoms with van der Waals surface area (Å²) in [5.41, 5.74) is 0. The van der Waals surface area contributed by atoms with Gasteiger partial charge in [0.05, 0.1) is 0 Å². The molecule has 1 rings (SSSR count). The number of carbonyl (C=O) groups is 1. The molecule has 0 N–H and O–H groups in total. The Morgan fingerprint density at radius 2 is 2.23 bits per heavy atom. The summed E-state index contributed by atoms with van der Waals surface area (Å²) in [6, 6.07) is 0. The van der Waals surface area contributed by atoms with E-state index in [0.29, 0.717) is 11.8 Å². The Hall–Kier alpha value is -0.790. The van der Waals surface area contributed by atoms with Gasteiger partial charge in [0, 0.05) is 13.1 Å². The van der Waals surface area contributed by atoms with Gasteiger partial charge in [0.15, 0.2) is 0 Å². The molecule has 13 heavy (non-hydrogen) atoms. The zero-order valence-electron chi connectivity index (χ0n) is 8.79. The third kappa shape index (κ3) is 2.58. The van der Waals surface area contributed by atoms with Crippen LogP contribution in [0.5, 0.6) is 0 Å². The molecule has 1 unspecified atom stereocenters. The second-order valence-corrected chi connectivity index (χ2v) is 4.08. The summed E-state index contributed by atoms with van der Waals surface area (Å²) < 4.78 is 0. The summed E-state index contributed by atoms with van der Waals surface area (Å²) in [4.78, 5) is 13.4. The normalized spacial score (nSPS) is 23.4. The molecule has 0 aromatic carbocycles. The van der Waals surface area contributed by atoms with Gasteiger partial charge in [-0.25, -0.2) is 0 Å². The van der Waals surface area contributed by atoms with Crippen molar-refractivity contribution in [1.29, 1.82) is 0 Å². The minimum Gasteiger partial charge on any atom is -0.339 e. The minimum absolute atomic E-state index is 0.172. The Balaban J connectivity index is 2.45. The maximum Gasteiger partial charge on any atom is 0.246 e. The number of likely N-dealkylation sites (tertiary alicyclic amines) is 1. The summed E-state index contributed by atoms with van der Waals surface area (Å²) in [5.74, 6) is 1.57. The fraction of sp³-hybridized carbons (Fsp3) is 0.727. The third-order valence-electron chi connectivity index (χ3n) is 2.79. The lowest BCUT2D eigenvalue weighted by Crippen LogP contribution is -2.27. The molecule has 74 valence electrons. The number of hydrogen-bond donors (Lipinski definition) is 0. The maximum absolute atomic E-state index is 11.5. The summed E-state index contributed by atoms with van der Waals surface area (Å²) in [5, 5.41) is 0. The highest BCUT2D eigenvalue weighted by atomic mass is 16.2. The molecule has 0 saturated carbocycles. The lowest BCUT2D eigenvalue weighted by molar-refractivity contribution is -0.125. The average molecular weight is 181 g/mol. The van der Waals surface area contributed by atoms with Crippen LogP contribution in [-0.4, -0.2) is 23.9 Å². The molecule has 1 amide bonds. The quantitative estimate of drug-likeness (QED) is 0.597. The number of carbonyl (C=O) groups excluding carboxylic acids is 1. The van der Waals surface area contributed by atoms with Gasteiger partial charge in [0.1, 0.15) is 0 Å². The molecule has 2 nitrogen and oxygen atoms in total. The van der Waals surface area contributed by atoms with E-state index in [2.05, 4.69) is 13.8 Å². The highest BCUT2D eigenvalue weighted by Gasteiger charge is 2.26. The van der Waals surface area contributed by atoms with Crippen molar-refractivity contribution < 1.29 is 4.79 Å². The SMILES string of the molecule is C/C=C/C(=O)N1CCC(C(C)C)C1. The van der Waals surface area contributed by atoms with E-state index < -0.39 is 0 Å². The molecule has 2 heteroatoms. The summed E-state index contributed by atoms with van der Waals surface area (Å²) in [7, 11) is 0. The molecule has 1 atom stereocenters. The maximum atomic E-state index is 11.5. The summed E-state index contributed by atoms with van der Waals surface area (Å²) >= 11 is 0. The lowest BCUT2D eigenvalue weighted by Gasteiger charge is -2.16. The molecule has 1 saturated heterocycles. The van der Waals surface area contributed by atoms with Gasteiger partial charge in [-0.3, -0.25) is 4.79 Å². The molecule has 1 aliphatic heterocycles. The van der Waals surface area contributed by atoms with Crippen LogP contribution in [0.3, 0.4) is 0 Å². The van der Waals surface area contributed by atoms with Gasteiger partial charge in [-0.2, -0.15) is 0 Å². The van der Waals surface area contributed by atoms with Gasteiger partial charge in [0.25, 0.3) is 0 Å². The van der Waals surface area contributed by atoms with Gasteiger partial charge in [-0.05, 0) is 31.3 Å². The zero-order chi connectivity index (χ0) is 9.84. The highest BCUT2D eigenvalue weighted by molar-refractivity contribution is 5.87. The van der Waals surface area contributed by atoms with Crippen molar-refractivity contribution in [1.82, 2.24) is 4.90 Å². The van der Waals surface area contributed by atoms with Crippen LogP contribution < -0.4 is 0 Å². The van der Waals surface area contributed by atoms with E-state index in [0.717, 1.165) is 13.1 Å². The number of hydrogen-bond acceptors (Lipinski definition) is 1. The van der Waals surface area contributed by atoms with Crippen molar-refractivity contribution in [2.75, 3.05) is 13.1 Å². The monoisotopic (exact) mass is 181 g/mol. The lowest BCUT2D eigenvalue weighted by atomic mass is 9.95. The van der Waals surface area contributed by atoms with E-state index >= 15 is 0 Å². The molecule has 0 aromatic heterocycles. The van der Waals surface area contributed by atoms with Crippen LogP contribution in [0.25, 0.3) is 0 Å². The Morgan fingerprint density at radius 3 is 2.69 bits per heavy atom. The Bertz CT molecular complexity index is 208. The van der Waals surface area contributed by atoms with Crippen LogP contribution in [0.4, 0.5) is 0 Å². The molecule has 1 aliphatic rings. The van der Waals surface area contributed by atoms with Gasteiger partial charge < -0.3 is 4.90 Å². The van der Waals surface area contributed by atoms with Crippen molar-refractivity contribution in [3.8, 4) is 0 Å². The fourth-order valence-corrected chi connectivity index (χ4v) is 1.78. The minimum atomic E-state index is 0.172. The number of rotatable bonds is 2. The van der Waals surface area contributed by atoms with E-state index in [-0.39, 0.29) is 5.91 Å².